The van der Waals surface area contributed by atoms with Gasteiger partial charge in [-0.25, -0.2) is 0 Å². The van der Waals surface area contributed by atoms with Crippen LogP contribution in [-0.2, 0) is 9.53 Å². The van der Waals surface area contributed by atoms with Crippen LogP contribution in [0.4, 0.5) is 11.4 Å². The molecule has 4 rings (SSSR count). The summed E-state index contributed by atoms with van der Waals surface area (Å²) in [5, 5.41) is 5.63. The lowest BCUT2D eigenvalue weighted by atomic mass is 10.1. The van der Waals surface area contributed by atoms with Gasteiger partial charge in [0, 0.05) is 42.2 Å². The number of hydrogen-bond acceptors (Lipinski definition) is 4. The van der Waals surface area contributed by atoms with Gasteiger partial charge in [-0.1, -0.05) is 6.07 Å². The molecule has 1 unspecified atom stereocenters. The maximum absolute atomic E-state index is 12.6. The number of ether oxygens (including phenoxy) is 1. The quantitative estimate of drug-likeness (QED) is 0.796. The second kappa shape index (κ2) is 9.09. The van der Waals surface area contributed by atoms with E-state index < -0.39 is 6.10 Å². The van der Waals surface area contributed by atoms with Gasteiger partial charge in [-0.15, -0.1) is 0 Å². The van der Waals surface area contributed by atoms with Gasteiger partial charge in [-0.2, -0.15) is 0 Å². The molecule has 0 radical (unpaired) electrons. The molecule has 2 N–H and O–H groups in total. The summed E-state index contributed by atoms with van der Waals surface area (Å²) < 4.78 is 5.38. The van der Waals surface area contributed by atoms with Crippen molar-refractivity contribution in [1.29, 1.82) is 0 Å². The van der Waals surface area contributed by atoms with Gasteiger partial charge >= 0.3 is 0 Å². The van der Waals surface area contributed by atoms with Gasteiger partial charge in [0.15, 0.2) is 0 Å². The molecule has 1 atom stereocenters. The van der Waals surface area contributed by atoms with Crippen molar-refractivity contribution in [2.45, 2.75) is 31.8 Å². The fourth-order valence-electron chi connectivity index (χ4n) is 3.75. The molecule has 30 heavy (non-hydrogen) atoms. The summed E-state index contributed by atoms with van der Waals surface area (Å²) in [5.41, 5.74) is 2.20. The van der Waals surface area contributed by atoms with E-state index in [1.54, 1.807) is 48.5 Å². The number of amides is 3. The van der Waals surface area contributed by atoms with Gasteiger partial charge in [-0.05, 0) is 68.1 Å². The predicted octanol–water partition coefficient (Wildman–Crippen LogP) is 3.29. The highest BCUT2D eigenvalue weighted by atomic mass is 16.5. The zero-order valence-electron chi connectivity index (χ0n) is 16.7. The summed E-state index contributed by atoms with van der Waals surface area (Å²) in [5.74, 6) is -0.454. The Morgan fingerprint density at radius 3 is 2.33 bits per heavy atom. The summed E-state index contributed by atoms with van der Waals surface area (Å²) >= 11 is 0. The number of anilines is 2. The van der Waals surface area contributed by atoms with E-state index in [4.69, 9.17) is 4.74 Å². The molecule has 2 aliphatic heterocycles. The molecule has 0 spiro atoms. The maximum atomic E-state index is 12.6. The van der Waals surface area contributed by atoms with E-state index in [1.165, 1.54) is 0 Å². The van der Waals surface area contributed by atoms with Crippen molar-refractivity contribution in [2.75, 3.05) is 30.3 Å². The molecule has 0 aliphatic carbocycles. The van der Waals surface area contributed by atoms with E-state index in [2.05, 4.69) is 10.6 Å². The number of rotatable bonds is 5. The first-order valence-corrected chi connectivity index (χ1v) is 10.3. The molecular weight excluding hydrogens is 382 g/mol. The molecule has 2 aliphatic rings. The lowest BCUT2D eigenvalue weighted by Gasteiger charge is -2.15. The van der Waals surface area contributed by atoms with Crippen LogP contribution >= 0.6 is 0 Å². The Kier molecular flexibility index (Phi) is 6.09. The number of carbonyl (C=O) groups is 3. The average Bonchev–Trinajstić information content (AvgIpc) is 3.48. The fourth-order valence-corrected chi connectivity index (χ4v) is 3.75. The van der Waals surface area contributed by atoms with E-state index in [0.717, 1.165) is 32.4 Å². The van der Waals surface area contributed by atoms with Crippen molar-refractivity contribution >= 4 is 29.1 Å². The van der Waals surface area contributed by atoms with Gasteiger partial charge < -0.3 is 20.3 Å². The Morgan fingerprint density at radius 1 is 0.867 bits per heavy atom. The minimum absolute atomic E-state index is 0.0278. The molecule has 2 aromatic carbocycles. The van der Waals surface area contributed by atoms with Gasteiger partial charge in [-0.3, -0.25) is 14.4 Å². The maximum Gasteiger partial charge on any atom is 0.255 e. The number of nitrogens with zero attached hydrogens (tertiary/aromatic N) is 1. The Hall–Kier alpha value is -3.19. The molecule has 2 saturated heterocycles. The molecule has 2 fully saturated rings. The first kappa shape index (κ1) is 20.1. The van der Waals surface area contributed by atoms with E-state index in [9.17, 15) is 14.4 Å². The molecule has 0 saturated carbocycles. The lowest BCUT2D eigenvalue weighted by Crippen LogP contribution is -2.27. The Bertz CT molecular complexity index is 930. The average molecular weight is 407 g/mol. The van der Waals surface area contributed by atoms with Gasteiger partial charge in [0.2, 0.25) is 0 Å². The first-order valence-electron chi connectivity index (χ1n) is 10.3. The van der Waals surface area contributed by atoms with Crippen LogP contribution < -0.4 is 10.6 Å². The fraction of sp³-hybridized carbons (Fsp3) is 0.348. The van der Waals surface area contributed by atoms with E-state index in [0.29, 0.717) is 35.5 Å². The summed E-state index contributed by atoms with van der Waals surface area (Å²) in [6, 6.07) is 13.7. The number of benzene rings is 2. The third kappa shape index (κ3) is 4.68. The highest BCUT2D eigenvalue weighted by Crippen LogP contribution is 2.19. The molecule has 2 heterocycles. The van der Waals surface area contributed by atoms with Crippen LogP contribution in [0.2, 0.25) is 0 Å². The van der Waals surface area contributed by atoms with Gasteiger partial charge in [0.1, 0.15) is 6.10 Å². The summed E-state index contributed by atoms with van der Waals surface area (Å²) in [4.78, 5) is 39.1. The molecule has 7 nitrogen and oxygen atoms in total. The van der Waals surface area contributed by atoms with Crippen LogP contribution in [0.15, 0.2) is 48.5 Å². The summed E-state index contributed by atoms with van der Waals surface area (Å²) in [7, 11) is 0. The highest BCUT2D eigenvalue weighted by Gasteiger charge is 2.23. The van der Waals surface area contributed by atoms with Crippen molar-refractivity contribution in [3.8, 4) is 0 Å². The molecular formula is C23H25N3O4. The van der Waals surface area contributed by atoms with Crippen LogP contribution in [-0.4, -0.2) is 48.4 Å². The Morgan fingerprint density at radius 2 is 1.63 bits per heavy atom. The largest absolute Gasteiger partial charge is 0.368 e. The highest BCUT2D eigenvalue weighted by molar-refractivity contribution is 6.05. The SMILES string of the molecule is O=C(Nc1ccc(C(=O)N2CCCC2)cc1)c1cccc(NC(=O)C2CCCO2)c1. The standard InChI is InChI=1S/C23H25N3O4/c27-21(17-5-3-6-19(15-17)25-22(28)20-7-4-14-30-20)24-18-10-8-16(9-11-18)23(29)26-12-1-2-13-26/h3,5-6,8-11,15,20H,1-2,4,7,12-14H2,(H,24,27)(H,25,28). The van der Waals surface area contributed by atoms with Crippen LogP contribution in [0.3, 0.4) is 0 Å². The van der Waals surface area contributed by atoms with E-state index in [1.807, 2.05) is 4.90 Å². The lowest BCUT2D eigenvalue weighted by molar-refractivity contribution is -0.124. The van der Waals surface area contributed by atoms with Crippen molar-refractivity contribution in [2.24, 2.45) is 0 Å². The molecule has 2 aromatic rings. The molecule has 156 valence electrons. The van der Waals surface area contributed by atoms with Gasteiger partial charge in [0.05, 0.1) is 0 Å². The first-order chi connectivity index (χ1) is 14.6. The van der Waals surface area contributed by atoms with E-state index in [-0.39, 0.29) is 17.7 Å². The van der Waals surface area contributed by atoms with Crippen molar-refractivity contribution in [3.05, 3.63) is 59.7 Å². The second-order valence-corrected chi connectivity index (χ2v) is 7.60. The summed E-state index contributed by atoms with van der Waals surface area (Å²) in [6.45, 7) is 2.21. The minimum atomic E-state index is -0.427. The number of nitrogens with one attached hydrogen (secondary N) is 2. The normalized spacial score (nSPS) is 18.3. The summed E-state index contributed by atoms with van der Waals surface area (Å²) in [6.07, 6.45) is 3.26. The van der Waals surface area contributed by atoms with Crippen LogP contribution in [0, 0.1) is 0 Å². The van der Waals surface area contributed by atoms with Crippen molar-refractivity contribution in [3.63, 3.8) is 0 Å². The predicted molar refractivity (Wildman–Crippen MR) is 114 cm³/mol. The molecule has 0 bridgehead atoms. The van der Waals surface area contributed by atoms with Crippen LogP contribution in [0.5, 0.6) is 0 Å². The monoisotopic (exact) mass is 407 g/mol. The number of hydrogen-bond donors (Lipinski definition) is 2. The second-order valence-electron chi connectivity index (χ2n) is 7.60. The van der Waals surface area contributed by atoms with E-state index >= 15 is 0 Å². The Labute approximate surface area is 175 Å². The zero-order valence-corrected chi connectivity index (χ0v) is 16.7. The molecule has 0 aromatic heterocycles. The van der Waals surface area contributed by atoms with Crippen molar-refractivity contribution < 1.29 is 19.1 Å². The number of likely N-dealkylation sites (tertiary alicyclic amines) is 1. The minimum Gasteiger partial charge on any atom is -0.368 e. The third-order valence-corrected chi connectivity index (χ3v) is 5.40. The van der Waals surface area contributed by atoms with Crippen molar-refractivity contribution in [1.82, 2.24) is 4.90 Å². The van der Waals surface area contributed by atoms with Crippen LogP contribution in [0.25, 0.3) is 0 Å². The topological polar surface area (TPSA) is 87.7 Å². The third-order valence-electron chi connectivity index (χ3n) is 5.40. The zero-order chi connectivity index (χ0) is 20.9. The smallest absolute Gasteiger partial charge is 0.255 e. The molecule has 7 heteroatoms. The molecule has 3 amide bonds. The number of carbonyl (C=O) groups excluding carboxylic acids is 3. The van der Waals surface area contributed by atoms with Gasteiger partial charge in [0.25, 0.3) is 17.7 Å². The van der Waals surface area contributed by atoms with Crippen LogP contribution in [0.1, 0.15) is 46.4 Å². The Balaban J connectivity index is 1.37.